The van der Waals surface area contributed by atoms with Crippen LogP contribution >= 0.6 is 0 Å². The Morgan fingerprint density at radius 1 is 1.50 bits per heavy atom. The Kier molecular flexibility index (Phi) is 3.61. The fourth-order valence-electron chi connectivity index (χ4n) is 2.53. The van der Waals surface area contributed by atoms with E-state index in [9.17, 15) is 0 Å². The summed E-state index contributed by atoms with van der Waals surface area (Å²) in [6, 6.07) is 0. The van der Waals surface area contributed by atoms with Crippen molar-refractivity contribution in [3.8, 4) is 0 Å². The maximum atomic E-state index is 8.97. The summed E-state index contributed by atoms with van der Waals surface area (Å²) < 4.78 is 11.4. The van der Waals surface area contributed by atoms with Crippen molar-refractivity contribution in [1.82, 2.24) is 0 Å². The van der Waals surface area contributed by atoms with Gasteiger partial charge in [-0.15, -0.1) is 0 Å². The molecule has 0 amide bonds. The van der Waals surface area contributed by atoms with E-state index in [1.54, 1.807) is 0 Å². The summed E-state index contributed by atoms with van der Waals surface area (Å²) >= 11 is 0. The molecule has 0 aromatic rings. The Labute approximate surface area is 95.9 Å². The van der Waals surface area contributed by atoms with Crippen LogP contribution in [-0.4, -0.2) is 29.9 Å². The van der Waals surface area contributed by atoms with Crippen LogP contribution in [0.5, 0.6) is 0 Å². The molecule has 0 aromatic carbocycles. The molecule has 1 saturated carbocycles. The fraction of sp³-hybridized carbons (Fsp3) is 0.750. The van der Waals surface area contributed by atoms with E-state index in [1.807, 2.05) is 13.0 Å². The van der Waals surface area contributed by atoms with Gasteiger partial charge in [-0.3, -0.25) is 0 Å². The summed E-state index contributed by atoms with van der Waals surface area (Å²) in [4.78, 5) is 0. The van der Waals surface area contributed by atoms with Gasteiger partial charge in [0.05, 0.1) is 18.9 Å². The molecule has 1 aliphatic carbocycles. The van der Waals surface area contributed by atoms with E-state index < -0.39 is 5.79 Å². The van der Waals surface area contributed by atoms with Crippen LogP contribution in [0.4, 0.5) is 0 Å². The normalized spacial score (nSPS) is 31.8. The first-order valence-electron chi connectivity index (χ1n) is 5.89. The van der Waals surface area contributed by atoms with E-state index in [-0.39, 0.29) is 5.92 Å². The van der Waals surface area contributed by atoms with Crippen molar-refractivity contribution in [1.29, 1.82) is 0 Å². The second-order valence-electron chi connectivity index (χ2n) is 4.40. The summed E-state index contributed by atoms with van der Waals surface area (Å²) in [5, 5.41) is 12.4. The van der Waals surface area contributed by atoms with Crippen LogP contribution in [0.15, 0.2) is 17.3 Å². The van der Waals surface area contributed by atoms with Gasteiger partial charge in [0.1, 0.15) is 0 Å². The van der Waals surface area contributed by atoms with Crippen LogP contribution in [0, 0.1) is 5.92 Å². The second kappa shape index (κ2) is 4.97. The van der Waals surface area contributed by atoms with E-state index >= 15 is 0 Å². The number of rotatable bonds is 2. The van der Waals surface area contributed by atoms with Gasteiger partial charge in [0, 0.05) is 18.8 Å². The third-order valence-electron chi connectivity index (χ3n) is 3.39. The number of oxime groups is 1. The van der Waals surface area contributed by atoms with Crippen molar-refractivity contribution in [2.24, 2.45) is 11.1 Å². The first kappa shape index (κ1) is 11.6. The van der Waals surface area contributed by atoms with Gasteiger partial charge >= 0.3 is 0 Å². The van der Waals surface area contributed by atoms with E-state index in [4.69, 9.17) is 14.7 Å². The Bertz CT molecular complexity index is 293. The molecular weight excluding hydrogens is 206 g/mol. The third kappa shape index (κ3) is 2.28. The predicted octanol–water partition coefficient (Wildman–Crippen LogP) is 2.33. The Morgan fingerprint density at radius 3 is 2.88 bits per heavy atom. The van der Waals surface area contributed by atoms with Gasteiger partial charge in [0.25, 0.3) is 0 Å². The molecule has 16 heavy (non-hydrogen) atoms. The number of hydrogen-bond acceptors (Lipinski definition) is 4. The first-order chi connectivity index (χ1) is 7.79. The Balaban J connectivity index is 2.05. The maximum Gasteiger partial charge on any atom is 0.169 e. The van der Waals surface area contributed by atoms with Gasteiger partial charge in [-0.05, 0) is 19.8 Å². The lowest BCUT2D eigenvalue weighted by molar-refractivity contribution is -0.174. The molecule has 2 aliphatic rings. The molecule has 1 N–H and O–H groups in total. The number of nitrogens with zero attached hydrogens (tertiary/aromatic N) is 1. The van der Waals surface area contributed by atoms with Crippen molar-refractivity contribution >= 4 is 5.71 Å². The molecule has 0 radical (unpaired) electrons. The smallest absolute Gasteiger partial charge is 0.169 e. The highest BCUT2D eigenvalue weighted by Gasteiger charge is 2.43. The van der Waals surface area contributed by atoms with E-state index in [0.29, 0.717) is 13.2 Å². The molecule has 90 valence electrons. The molecule has 1 unspecified atom stereocenters. The van der Waals surface area contributed by atoms with Crippen LogP contribution < -0.4 is 0 Å². The molecule has 1 saturated heterocycles. The van der Waals surface area contributed by atoms with Crippen LogP contribution in [0.1, 0.15) is 32.6 Å². The highest BCUT2D eigenvalue weighted by molar-refractivity contribution is 5.87. The van der Waals surface area contributed by atoms with Gasteiger partial charge in [-0.25, -0.2) is 0 Å². The minimum atomic E-state index is -0.402. The van der Waals surface area contributed by atoms with Gasteiger partial charge in [-0.1, -0.05) is 17.3 Å². The molecule has 1 heterocycles. The topological polar surface area (TPSA) is 51.1 Å². The largest absolute Gasteiger partial charge is 0.411 e. The zero-order chi connectivity index (χ0) is 11.4. The summed E-state index contributed by atoms with van der Waals surface area (Å²) in [6.07, 6.45) is 7.38. The molecule has 4 heteroatoms. The Morgan fingerprint density at radius 2 is 2.25 bits per heavy atom. The van der Waals surface area contributed by atoms with Crippen molar-refractivity contribution in [3.05, 3.63) is 12.2 Å². The molecular formula is C12H19NO3. The van der Waals surface area contributed by atoms with Crippen LogP contribution in [0.2, 0.25) is 0 Å². The predicted molar refractivity (Wildman–Crippen MR) is 60.6 cm³/mol. The highest BCUT2D eigenvalue weighted by atomic mass is 16.7. The van der Waals surface area contributed by atoms with Gasteiger partial charge in [0.2, 0.25) is 0 Å². The molecule has 2 fully saturated rings. The lowest BCUT2D eigenvalue weighted by Crippen LogP contribution is -2.40. The van der Waals surface area contributed by atoms with Crippen molar-refractivity contribution in [2.45, 2.75) is 38.4 Å². The molecule has 1 aliphatic heterocycles. The molecule has 1 spiro atoms. The maximum absolute atomic E-state index is 8.97. The first-order valence-corrected chi connectivity index (χ1v) is 5.89. The summed E-state index contributed by atoms with van der Waals surface area (Å²) in [5.74, 6) is -0.159. The summed E-state index contributed by atoms with van der Waals surface area (Å²) in [6.45, 7) is 3.36. The average molecular weight is 225 g/mol. The van der Waals surface area contributed by atoms with Crippen molar-refractivity contribution in [3.63, 3.8) is 0 Å². The van der Waals surface area contributed by atoms with E-state index in [0.717, 1.165) is 31.4 Å². The summed E-state index contributed by atoms with van der Waals surface area (Å²) in [5.41, 5.74) is 0.878. The fourth-order valence-corrected chi connectivity index (χ4v) is 2.53. The van der Waals surface area contributed by atoms with Crippen LogP contribution in [-0.2, 0) is 9.47 Å². The quantitative estimate of drug-likeness (QED) is 0.446. The minimum Gasteiger partial charge on any atom is -0.411 e. The molecule has 0 bridgehead atoms. The second-order valence-corrected chi connectivity index (χ2v) is 4.40. The monoisotopic (exact) mass is 225 g/mol. The Hall–Kier alpha value is -0.870. The highest BCUT2D eigenvalue weighted by Crippen LogP contribution is 2.38. The van der Waals surface area contributed by atoms with Crippen LogP contribution in [0.25, 0.3) is 0 Å². The number of hydrogen-bond donors (Lipinski definition) is 1. The van der Waals surface area contributed by atoms with Gasteiger partial charge < -0.3 is 14.7 Å². The minimum absolute atomic E-state index is 0.244. The van der Waals surface area contributed by atoms with Crippen LogP contribution in [0.3, 0.4) is 0 Å². The standard InChI is InChI=1S/C12H19NO3/c1-2-3-4-10-9-12(15-7-8-16-12)6-5-11(10)13-14/h2-3,10,14H,4-9H2,1H3/b3-2+,13-11-. The molecule has 0 aromatic heterocycles. The lowest BCUT2D eigenvalue weighted by atomic mass is 9.81. The van der Waals surface area contributed by atoms with Gasteiger partial charge in [-0.2, -0.15) is 0 Å². The molecule has 2 rings (SSSR count). The number of allylic oxidation sites excluding steroid dienone is 2. The zero-order valence-corrected chi connectivity index (χ0v) is 9.69. The van der Waals surface area contributed by atoms with Crippen molar-refractivity contribution < 1.29 is 14.7 Å². The number of ether oxygens (including phenoxy) is 2. The summed E-state index contributed by atoms with van der Waals surface area (Å²) in [7, 11) is 0. The zero-order valence-electron chi connectivity index (χ0n) is 9.69. The average Bonchev–Trinajstić information content (AvgIpc) is 2.75. The van der Waals surface area contributed by atoms with E-state index in [1.165, 1.54) is 0 Å². The molecule has 4 nitrogen and oxygen atoms in total. The van der Waals surface area contributed by atoms with Gasteiger partial charge in [0.15, 0.2) is 5.79 Å². The lowest BCUT2D eigenvalue weighted by Gasteiger charge is -2.36. The van der Waals surface area contributed by atoms with E-state index in [2.05, 4.69) is 11.2 Å². The molecule has 1 atom stereocenters. The third-order valence-corrected chi connectivity index (χ3v) is 3.39. The SMILES string of the molecule is C/C=C/CC1CC2(CC/C1=N/O)OCCO2. The van der Waals surface area contributed by atoms with Crippen molar-refractivity contribution in [2.75, 3.05) is 13.2 Å².